The van der Waals surface area contributed by atoms with Crippen molar-refractivity contribution in [2.24, 2.45) is 23.7 Å². The third-order valence-electron chi connectivity index (χ3n) is 13.3. The van der Waals surface area contributed by atoms with Crippen LogP contribution in [0.1, 0.15) is 245 Å². The Kier molecular flexibility index (Phi) is 33.6. The summed E-state index contributed by atoms with van der Waals surface area (Å²) in [7, 11) is 0. The molecule has 6 heteroatoms. The van der Waals surface area contributed by atoms with Crippen LogP contribution in [-0.2, 0) is 19.1 Å². The van der Waals surface area contributed by atoms with Crippen LogP contribution < -0.4 is 0 Å². The number of hydrogen-bond donors (Lipinski definition) is 1. The molecule has 2 saturated carbocycles. The van der Waals surface area contributed by atoms with Crippen LogP contribution in [-0.4, -0.2) is 61.4 Å². The van der Waals surface area contributed by atoms with Gasteiger partial charge in [0.25, 0.3) is 0 Å². The average Bonchev–Trinajstić information content (AvgIpc) is 3.22. The van der Waals surface area contributed by atoms with Gasteiger partial charge < -0.3 is 19.5 Å². The van der Waals surface area contributed by atoms with Gasteiger partial charge in [0.1, 0.15) is 0 Å². The van der Waals surface area contributed by atoms with Crippen LogP contribution in [0.5, 0.6) is 0 Å². The summed E-state index contributed by atoms with van der Waals surface area (Å²) in [6.45, 7) is 9.21. The first-order valence-electron chi connectivity index (χ1n) is 25.2. The van der Waals surface area contributed by atoms with E-state index in [-0.39, 0.29) is 30.4 Å². The Labute approximate surface area is 348 Å². The third-order valence-corrected chi connectivity index (χ3v) is 13.3. The zero-order valence-electron chi connectivity index (χ0n) is 37.5. The van der Waals surface area contributed by atoms with Crippen molar-refractivity contribution in [3.63, 3.8) is 0 Å². The molecule has 2 rings (SSSR count). The fourth-order valence-corrected chi connectivity index (χ4v) is 9.60. The van der Waals surface area contributed by atoms with E-state index >= 15 is 0 Å². The number of ether oxygens (including phenoxy) is 2. The van der Waals surface area contributed by atoms with E-state index in [9.17, 15) is 14.7 Å². The SMILES string of the molecule is CCCCCCCCC(CC1CCCCC1)C(=O)OCCCCCCN(CCCCO)CCCCCCOC(=O)C(CCCCCCCC)CC1CCCCC1. The van der Waals surface area contributed by atoms with Crippen molar-refractivity contribution in [1.29, 1.82) is 0 Å². The second-order valence-corrected chi connectivity index (χ2v) is 18.4. The summed E-state index contributed by atoms with van der Waals surface area (Å²) >= 11 is 0. The van der Waals surface area contributed by atoms with Crippen molar-refractivity contribution in [3.8, 4) is 0 Å². The standard InChI is InChI=1S/C50H95NO5/c1-3-5-7-9-11-23-35-47(43-45-31-19-17-20-32-45)49(53)55-41-29-15-13-25-37-51(39-27-28-40-52)38-26-14-16-30-42-56-50(54)48(36-24-12-10-8-6-4-2)44-46-33-21-18-22-34-46/h45-48,52H,3-44H2,1-2H3. The van der Waals surface area contributed by atoms with Crippen LogP contribution in [0.3, 0.4) is 0 Å². The number of rotatable bonds is 38. The summed E-state index contributed by atoms with van der Waals surface area (Å²) in [4.78, 5) is 29.0. The monoisotopic (exact) mass is 790 g/mol. The highest BCUT2D eigenvalue weighted by Crippen LogP contribution is 2.33. The molecule has 0 amide bonds. The molecular weight excluding hydrogens is 695 g/mol. The highest BCUT2D eigenvalue weighted by Gasteiger charge is 2.26. The van der Waals surface area contributed by atoms with Gasteiger partial charge in [-0.05, 0) is 95.7 Å². The summed E-state index contributed by atoms with van der Waals surface area (Å²) in [5, 5.41) is 9.36. The van der Waals surface area contributed by atoms with Crippen molar-refractivity contribution in [2.45, 2.75) is 245 Å². The molecule has 0 bridgehead atoms. The Bertz CT molecular complexity index is 819. The van der Waals surface area contributed by atoms with E-state index in [2.05, 4.69) is 18.7 Å². The number of carbonyl (C=O) groups excluding carboxylic acids is 2. The molecule has 2 fully saturated rings. The maximum absolute atomic E-state index is 13.2. The molecule has 2 unspecified atom stereocenters. The lowest BCUT2D eigenvalue weighted by Crippen LogP contribution is -2.27. The lowest BCUT2D eigenvalue weighted by atomic mass is 9.81. The quantitative estimate of drug-likeness (QED) is 0.0496. The fourth-order valence-electron chi connectivity index (χ4n) is 9.60. The van der Waals surface area contributed by atoms with E-state index in [0.717, 1.165) is 95.7 Å². The number of aliphatic hydroxyl groups is 1. The number of nitrogens with zero attached hydrogens (tertiary/aromatic N) is 1. The molecule has 0 aromatic heterocycles. The minimum atomic E-state index is 0.0831. The van der Waals surface area contributed by atoms with Crippen LogP contribution in [0.2, 0.25) is 0 Å². The second kappa shape index (κ2) is 36.9. The van der Waals surface area contributed by atoms with Gasteiger partial charge in [-0.25, -0.2) is 0 Å². The van der Waals surface area contributed by atoms with E-state index in [1.165, 1.54) is 167 Å². The number of hydrogen-bond acceptors (Lipinski definition) is 6. The van der Waals surface area contributed by atoms with E-state index in [0.29, 0.717) is 13.2 Å². The Morgan fingerprint density at radius 3 is 1.25 bits per heavy atom. The van der Waals surface area contributed by atoms with Crippen molar-refractivity contribution >= 4 is 11.9 Å². The van der Waals surface area contributed by atoms with Gasteiger partial charge in [-0.2, -0.15) is 0 Å². The zero-order chi connectivity index (χ0) is 40.2. The van der Waals surface area contributed by atoms with Crippen LogP contribution in [0, 0.1) is 23.7 Å². The lowest BCUT2D eigenvalue weighted by molar-refractivity contribution is -0.150. The smallest absolute Gasteiger partial charge is 0.308 e. The van der Waals surface area contributed by atoms with Crippen LogP contribution in [0.4, 0.5) is 0 Å². The van der Waals surface area contributed by atoms with E-state index in [4.69, 9.17) is 9.47 Å². The molecule has 0 aromatic rings. The Hall–Kier alpha value is -1.14. The second-order valence-electron chi connectivity index (χ2n) is 18.4. The first-order chi connectivity index (χ1) is 27.6. The first kappa shape index (κ1) is 51.0. The lowest BCUT2D eigenvalue weighted by Gasteiger charge is -2.25. The van der Waals surface area contributed by atoms with Crippen molar-refractivity contribution < 1.29 is 24.2 Å². The van der Waals surface area contributed by atoms with Crippen molar-refractivity contribution in [3.05, 3.63) is 0 Å². The molecule has 2 atom stereocenters. The van der Waals surface area contributed by atoms with Gasteiger partial charge in [0.15, 0.2) is 0 Å². The minimum Gasteiger partial charge on any atom is -0.465 e. The molecule has 0 radical (unpaired) electrons. The minimum absolute atomic E-state index is 0.0831. The number of aliphatic hydroxyl groups excluding tert-OH is 1. The highest BCUT2D eigenvalue weighted by molar-refractivity contribution is 5.72. The van der Waals surface area contributed by atoms with Gasteiger partial charge in [0.05, 0.1) is 25.0 Å². The summed E-state index contributed by atoms with van der Waals surface area (Å²) in [6.07, 6.45) is 43.5. The van der Waals surface area contributed by atoms with Gasteiger partial charge in [0, 0.05) is 6.61 Å². The van der Waals surface area contributed by atoms with E-state index in [1.807, 2.05) is 0 Å². The predicted octanol–water partition coefficient (Wildman–Crippen LogP) is 13.9. The Morgan fingerprint density at radius 2 is 0.839 bits per heavy atom. The topological polar surface area (TPSA) is 76.1 Å². The van der Waals surface area contributed by atoms with E-state index in [1.54, 1.807) is 0 Å². The summed E-state index contributed by atoms with van der Waals surface area (Å²) in [5.41, 5.74) is 0. The maximum atomic E-state index is 13.2. The van der Waals surface area contributed by atoms with Crippen molar-refractivity contribution in [2.75, 3.05) is 39.5 Å². The van der Waals surface area contributed by atoms with Gasteiger partial charge in [-0.1, -0.05) is 181 Å². The molecule has 2 aliphatic carbocycles. The van der Waals surface area contributed by atoms with Gasteiger partial charge in [-0.3, -0.25) is 9.59 Å². The fraction of sp³-hybridized carbons (Fsp3) is 0.960. The molecule has 0 heterocycles. The Morgan fingerprint density at radius 1 is 0.482 bits per heavy atom. The number of carbonyl (C=O) groups is 2. The molecule has 0 saturated heterocycles. The summed E-state index contributed by atoms with van der Waals surface area (Å²) in [5.74, 6) is 1.82. The normalized spacial score (nSPS) is 16.6. The van der Waals surface area contributed by atoms with Gasteiger partial charge >= 0.3 is 11.9 Å². The number of esters is 2. The van der Waals surface area contributed by atoms with Gasteiger partial charge in [-0.15, -0.1) is 0 Å². The van der Waals surface area contributed by atoms with E-state index < -0.39 is 0 Å². The molecular formula is C50H95NO5. The van der Waals surface area contributed by atoms with Gasteiger partial charge in [0.2, 0.25) is 0 Å². The number of unbranched alkanes of at least 4 members (excludes halogenated alkanes) is 17. The Balaban J connectivity index is 1.61. The van der Waals surface area contributed by atoms with Crippen LogP contribution in [0.15, 0.2) is 0 Å². The molecule has 330 valence electrons. The summed E-state index contributed by atoms with van der Waals surface area (Å²) in [6, 6.07) is 0. The maximum Gasteiger partial charge on any atom is 0.308 e. The third kappa shape index (κ3) is 27.5. The molecule has 0 aliphatic heterocycles. The van der Waals surface area contributed by atoms with Crippen LogP contribution in [0.25, 0.3) is 0 Å². The molecule has 6 nitrogen and oxygen atoms in total. The molecule has 56 heavy (non-hydrogen) atoms. The largest absolute Gasteiger partial charge is 0.465 e. The molecule has 0 aromatic carbocycles. The first-order valence-corrected chi connectivity index (χ1v) is 25.2. The van der Waals surface area contributed by atoms with Crippen molar-refractivity contribution in [1.82, 2.24) is 4.90 Å². The molecule has 1 N–H and O–H groups in total. The average molecular weight is 790 g/mol. The highest BCUT2D eigenvalue weighted by atomic mass is 16.5. The van der Waals surface area contributed by atoms with Crippen LogP contribution >= 0.6 is 0 Å². The predicted molar refractivity (Wildman–Crippen MR) is 237 cm³/mol. The molecule has 0 spiro atoms. The molecule has 2 aliphatic rings. The summed E-state index contributed by atoms with van der Waals surface area (Å²) < 4.78 is 11.8. The zero-order valence-corrected chi connectivity index (χ0v) is 37.5.